The van der Waals surface area contributed by atoms with Crippen molar-refractivity contribution in [3.8, 4) is 0 Å². The molecule has 1 saturated heterocycles. The molecule has 1 fully saturated rings. The van der Waals surface area contributed by atoms with Gasteiger partial charge in [-0.25, -0.2) is 8.42 Å². The van der Waals surface area contributed by atoms with E-state index in [1.165, 1.54) is 0 Å². The zero-order chi connectivity index (χ0) is 15.5. The lowest BCUT2D eigenvalue weighted by Crippen LogP contribution is -2.44. The van der Waals surface area contributed by atoms with Gasteiger partial charge in [0.25, 0.3) is 5.91 Å². The van der Waals surface area contributed by atoms with Gasteiger partial charge in [0.2, 0.25) is 5.91 Å². The fraction of sp³-hybridized carbons (Fsp3) is 0.429. The number of aryl methyl sites for hydroxylation is 1. The largest absolute Gasteiger partial charge is 0.273 e. The minimum Gasteiger partial charge on any atom is -0.273 e. The molecule has 21 heavy (non-hydrogen) atoms. The summed E-state index contributed by atoms with van der Waals surface area (Å²) >= 11 is 0. The maximum Gasteiger partial charge on any atom is 0.269 e. The SMILES string of the molecule is CCc1ccc(C(=O)NNC(=O)C2CCS(=O)(=O)C2)cc1. The van der Waals surface area contributed by atoms with E-state index in [4.69, 9.17) is 0 Å². The van der Waals surface area contributed by atoms with Crippen molar-refractivity contribution in [2.24, 2.45) is 5.92 Å². The van der Waals surface area contributed by atoms with Gasteiger partial charge in [-0.05, 0) is 30.5 Å². The summed E-state index contributed by atoms with van der Waals surface area (Å²) in [5, 5.41) is 0. The maximum absolute atomic E-state index is 11.8. The van der Waals surface area contributed by atoms with Crippen LogP contribution in [0.2, 0.25) is 0 Å². The molecule has 1 atom stereocenters. The maximum atomic E-state index is 11.8. The number of benzene rings is 1. The summed E-state index contributed by atoms with van der Waals surface area (Å²) in [4.78, 5) is 23.6. The first kappa shape index (κ1) is 15.5. The number of carbonyl (C=O) groups is 2. The predicted molar refractivity (Wildman–Crippen MR) is 78.2 cm³/mol. The van der Waals surface area contributed by atoms with Gasteiger partial charge in [-0.1, -0.05) is 19.1 Å². The molecule has 0 aromatic heterocycles. The number of hydrogen-bond donors (Lipinski definition) is 2. The van der Waals surface area contributed by atoms with Crippen LogP contribution >= 0.6 is 0 Å². The number of sulfone groups is 1. The van der Waals surface area contributed by atoms with Crippen LogP contribution < -0.4 is 10.9 Å². The summed E-state index contributed by atoms with van der Waals surface area (Å²) < 4.78 is 22.6. The fourth-order valence-corrected chi connectivity index (χ4v) is 3.93. The van der Waals surface area contributed by atoms with E-state index in [1.54, 1.807) is 12.1 Å². The first-order valence-corrected chi connectivity index (χ1v) is 8.63. The normalized spacial score (nSPS) is 20.0. The van der Waals surface area contributed by atoms with Gasteiger partial charge in [-0.2, -0.15) is 0 Å². The number of hydrogen-bond acceptors (Lipinski definition) is 4. The zero-order valence-electron chi connectivity index (χ0n) is 11.8. The Morgan fingerprint density at radius 3 is 2.38 bits per heavy atom. The monoisotopic (exact) mass is 310 g/mol. The molecule has 2 amide bonds. The van der Waals surface area contributed by atoms with E-state index in [-0.39, 0.29) is 11.5 Å². The molecule has 0 aliphatic carbocycles. The smallest absolute Gasteiger partial charge is 0.269 e. The molecule has 1 aromatic carbocycles. The Morgan fingerprint density at radius 1 is 1.19 bits per heavy atom. The van der Waals surface area contributed by atoms with E-state index in [0.29, 0.717) is 12.0 Å². The van der Waals surface area contributed by atoms with Gasteiger partial charge in [-0.3, -0.25) is 20.4 Å². The molecule has 0 saturated carbocycles. The Labute approximate surface area is 123 Å². The van der Waals surface area contributed by atoms with Gasteiger partial charge in [-0.15, -0.1) is 0 Å². The summed E-state index contributed by atoms with van der Waals surface area (Å²) in [5.74, 6) is -1.60. The molecule has 2 N–H and O–H groups in total. The van der Waals surface area contributed by atoms with Crippen LogP contribution in [0.3, 0.4) is 0 Å². The highest BCUT2D eigenvalue weighted by Crippen LogP contribution is 2.18. The molecular formula is C14H18N2O4S. The van der Waals surface area contributed by atoms with E-state index < -0.39 is 27.6 Å². The van der Waals surface area contributed by atoms with Crippen LogP contribution in [0.4, 0.5) is 0 Å². The third-order valence-corrected chi connectivity index (χ3v) is 5.29. The number of hydrazine groups is 1. The van der Waals surface area contributed by atoms with Crippen LogP contribution in [-0.4, -0.2) is 31.7 Å². The van der Waals surface area contributed by atoms with E-state index in [2.05, 4.69) is 10.9 Å². The Balaban J connectivity index is 1.87. The van der Waals surface area contributed by atoms with Gasteiger partial charge >= 0.3 is 0 Å². The second-order valence-electron chi connectivity index (χ2n) is 5.09. The van der Waals surface area contributed by atoms with Crippen molar-refractivity contribution in [3.63, 3.8) is 0 Å². The Hall–Kier alpha value is -1.89. The molecule has 1 heterocycles. The fourth-order valence-electron chi connectivity index (χ4n) is 2.19. The van der Waals surface area contributed by atoms with Crippen LogP contribution in [0, 0.1) is 5.92 Å². The predicted octanol–water partition coefficient (Wildman–Crippen LogP) is 0.445. The van der Waals surface area contributed by atoms with Crippen LogP contribution in [0.15, 0.2) is 24.3 Å². The number of amides is 2. The average molecular weight is 310 g/mol. The van der Waals surface area contributed by atoms with Crippen molar-refractivity contribution >= 4 is 21.7 Å². The molecule has 7 heteroatoms. The standard InChI is InChI=1S/C14H18N2O4S/c1-2-10-3-5-11(6-4-10)13(17)15-16-14(18)12-7-8-21(19,20)9-12/h3-6,12H,2,7-9H2,1H3,(H,15,17)(H,16,18). The third kappa shape index (κ3) is 4.04. The highest BCUT2D eigenvalue weighted by molar-refractivity contribution is 7.91. The van der Waals surface area contributed by atoms with Crippen molar-refractivity contribution in [2.75, 3.05) is 11.5 Å². The van der Waals surface area contributed by atoms with Crippen LogP contribution in [0.5, 0.6) is 0 Å². The summed E-state index contributed by atoms with van der Waals surface area (Å²) in [6.45, 7) is 2.02. The molecule has 6 nitrogen and oxygen atoms in total. The molecule has 0 radical (unpaired) electrons. The minimum atomic E-state index is -3.11. The van der Waals surface area contributed by atoms with Crippen LogP contribution in [0.1, 0.15) is 29.3 Å². The molecule has 1 aliphatic rings. The minimum absolute atomic E-state index is 0.0253. The topological polar surface area (TPSA) is 92.3 Å². The van der Waals surface area contributed by atoms with Crippen molar-refractivity contribution < 1.29 is 18.0 Å². The van der Waals surface area contributed by atoms with Crippen molar-refractivity contribution in [3.05, 3.63) is 35.4 Å². The summed E-state index contributed by atoms with van der Waals surface area (Å²) in [5.41, 5.74) is 6.15. The molecule has 2 rings (SSSR count). The first-order chi connectivity index (χ1) is 9.91. The second kappa shape index (κ2) is 6.26. The Bertz CT molecular complexity index is 637. The molecular weight excluding hydrogens is 292 g/mol. The lowest BCUT2D eigenvalue weighted by Gasteiger charge is -2.10. The lowest BCUT2D eigenvalue weighted by atomic mass is 10.1. The van der Waals surface area contributed by atoms with Crippen molar-refractivity contribution in [2.45, 2.75) is 19.8 Å². The highest BCUT2D eigenvalue weighted by Gasteiger charge is 2.33. The number of nitrogens with one attached hydrogen (secondary N) is 2. The lowest BCUT2D eigenvalue weighted by molar-refractivity contribution is -0.125. The zero-order valence-corrected chi connectivity index (χ0v) is 12.6. The summed E-state index contributed by atoms with van der Waals surface area (Å²) in [6, 6.07) is 7.06. The Morgan fingerprint density at radius 2 is 1.86 bits per heavy atom. The summed E-state index contributed by atoms with van der Waals surface area (Å²) in [6.07, 6.45) is 1.18. The second-order valence-corrected chi connectivity index (χ2v) is 7.32. The summed E-state index contributed by atoms with van der Waals surface area (Å²) in [7, 11) is -3.11. The van der Waals surface area contributed by atoms with Gasteiger partial charge < -0.3 is 0 Å². The van der Waals surface area contributed by atoms with Crippen LogP contribution in [0.25, 0.3) is 0 Å². The molecule has 1 unspecified atom stereocenters. The Kier molecular flexibility index (Phi) is 4.62. The van der Waals surface area contributed by atoms with Gasteiger partial charge in [0.15, 0.2) is 9.84 Å². The van der Waals surface area contributed by atoms with E-state index in [9.17, 15) is 18.0 Å². The van der Waals surface area contributed by atoms with E-state index >= 15 is 0 Å². The highest BCUT2D eigenvalue weighted by atomic mass is 32.2. The van der Waals surface area contributed by atoms with E-state index in [1.807, 2.05) is 19.1 Å². The first-order valence-electron chi connectivity index (χ1n) is 6.81. The number of rotatable bonds is 3. The third-order valence-electron chi connectivity index (χ3n) is 3.53. The molecule has 0 spiro atoms. The molecule has 1 aromatic rings. The van der Waals surface area contributed by atoms with Gasteiger partial charge in [0, 0.05) is 5.56 Å². The molecule has 0 bridgehead atoms. The van der Waals surface area contributed by atoms with Crippen molar-refractivity contribution in [1.82, 2.24) is 10.9 Å². The van der Waals surface area contributed by atoms with Crippen LogP contribution in [-0.2, 0) is 21.1 Å². The quantitative estimate of drug-likeness (QED) is 0.793. The molecule has 114 valence electrons. The molecule has 1 aliphatic heterocycles. The average Bonchev–Trinajstić information content (AvgIpc) is 2.84. The van der Waals surface area contributed by atoms with Gasteiger partial charge in [0.05, 0.1) is 17.4 Å². The van der Waals surface area contributed by atoms with E-state index in [0.717, 1.165) is 12.0 Å². The van der Waals surface area contributed by atoms with Crippen molar-refractivity contribution in [1.29, 1.82) is 0 Å². The van der Waals surface area contributed by atoms with Gasteiger partial charge in [0.1, 0.15) is 0 Å². The number of carbonyl (C=O) groups excluding carboxylic acids is 2.